The van der Waals surface area contributed by atoms with Crippen LogP contribution in [0.25, 0.3) is 0 Å². The van der Waals surface area contributed by atoms with Gasteiger partial charge < -0.3 is 52.1 Å². The molecule has 0 heterocycles. The summed E-state index contributed by atoms with van der Waals surface area (Å²) in [7, 11) is 0. The molecule has 15 heteroatoms. The number of fused-ring (bicyclic) bond motifs is 13. The van der Waals surface area contributed by atoms with Crippen LogP contribution in [0, 0.1) is 101 Å². The third kappa shape index (κ3) is 18.0. The topological polar surface area (TPSA) is 247 Å². The second-order valence-electron chi connectivity index (χ2n) is 31.2. The molecule has 0 aromatic heterocycles. The Balaban J connectivity index is 0.000000145. The average Bonchev–Trinajstić information content (AvgIpc) is 1.55. The molecule has 12 aliphatic rings. The molecule has 0 radical (unpaired) electrons. The van der Waals surface area contributed by atoms with Crippen molar-refractivity contribution in [2.24, 2.45) is 101 Å². The van der Waals surface area contributed by atoms with E-state index in [0.29, 0.717) is 137 Å². The Morgan fingerprint density at radius 1 is 0.322 bits per heavy atom. The fourth-order valence-electron chi connectivity index (χ4n) is 20.6. The second-order valence-corrected chi connectivity index (χ2v) is 31.2. The van der Waals surface area contributed by atoms with E-state index in [0.717, 1.165) is 145 Å². The summed E-state index contributed by atoms with van der Waals surface area (Å²) in [5.74, 6) is 10.6. The van der Waals surface area contributed by atoms with Crippen molar-refractivity contribution in [1.29, 1.82) is 0 Å². The van der Waals surface area contributed by atoms with Crippen LogP contribution in [0.3, 0.4) is 0 Å². The standard InChI is InChI=1S/C16H23NO2.3C15H25NO2.C14H23NO2/c1-7(2)16(19)17-12-5-8-3-10(12)14-9-4-11(15(8)14)13(18)6-9;1-10(2)15(18)16-14-8-4-6-12-11(9-17)5-3-7-13(12)14;1-10(2)15(18)16-14-6-5-12-7-11(9-17)3-4-13(12)8-14;1-10(2)15(18)16-14-5-3-4-12-8-11(9-17)6-7-13(12)14;1-9(2)14(17)15-12-7-3-6-11-10(12)5-4-8-13(11)16/h8-15,18H,1,3-6H2,2H3,(H,17,19);3*11-14,17H,1,3-9H2,2H3,(H,16,18);10-13,16H,1,3-8H2,2H3,(H,15,17). The Kier molecular flexibility index (Phi) is 26.5. The Hall–Kier alpha value is -4.15. The van der Waals surface area contributed by atoms with E-state index in [1.54, 1.807) is 34.6 Å². The van der Waals surface area contributed by atoms with Crippen LogP contribution in [0.5, 0.6) is 0 Å². The Labute approximate surface area is 541 Å². The lowest BCUT2D eigenvalue weighted by Gasteiger charge is -2.45. The molecule has 0 aliphatic heterocycles. The van der Waals surface area contributed by atoms with Gasteiger partial charge in [0.25, 0.3) is 0 Å². The molecule has 90 heavy (non-hydrogen) atoms. The van der Waals surface area contributed by atoms with Gasteiger partial charge in [-0.1, -0.05) is 71.4 Å². The number of rotatable bonds is 13. The number of amides is 5. The molecular weight excluding hydrogens is 1130 g/mol. The summed E-state index contributed by atoms with van der Waals surface area (Å²) in [6, 6.07) is 1.57. The molecule has 12 saturated carbocycles. The number of carbonyl (C=O) groups is 5. The van der Waals surface area contributed by atoms with Crippen LogP contribution < -0.4 is 26.6 Å². The van der Waals surface area contributed by atoms with Crippen molar-refractivity contribution in [2.75, 3.05) is 19.8 Å². The zero-order valence-corrected chi connectivity index (χ0v) is 56.1. The lowest BCUT2D eigenvalue weighted by atomic mass is 9.63. The second kappa shape index (κ2) is 33.3. The molecular formula is C75H121N5O10. The molecule has 0 aromatic carbocycles. The normalized spacial score (nSPS) is 39.7. The van der Waals surface area contributed by atoms with Crippen LogP contribution >= 0.6 is 0 Å². The molecule has 24 atom stereocenters. The van der Waals surface area contributed by atoms with Crippen molar-refractivity contribution in [1.82, 2.24) is 26.6 Å². The quantitative estimate of drug-likeness (QED) is 0.0617. The molecule has 506 valence electrons. The van der Waals surface area contributed by atoms with Crippen LogP contribution in [0.4, 0.5) is 0 Å². The Morgan fingerprint density at radius 2 is 0.744 bits per heavy atom. The SMILES string of the molecule is C=C(C)C(=O)NC1CC2CC1C1C3CC(O)C(C3)C21.C=C(C)C(=O)NC1CCC2CC(CO)CCC2C1.C=C(C)C(=O)NC1CCCC2C(CO)CCCC12.C=C(C)C(=O)NC1CCCC2C(O)CCCC12.C=C(C)C(=O)NC1CCCC2CC(CO)CCC21. The summed E-state index contributed by atoms with van der Waals surface area (Å²) in [4.78, 5) is 58.7. The first kappa shape index (κ1) is 71.7. The molecule has 0 aromatic rings. The molecule has 24 unspecified atom stereocenters. The fourth-order valence-corrected chi connectivity index (χ4v) is 20.6. The zero-order chi connectivity index (χ0) is 65.1. The molecule has 0 spiro atoms. The third-order valence-electron chi connectivity index (χ3n) is 25.0. The van der Waals surface area contributed by atoms with Gasteiger partial charge >= 0.3 is 0 Å². The summed E-state index contributed by atoms with van der Waals surface area (Å²) < 4.78 is 0. The lowest BCUT2D eigenvalue weighted by Crippen LogP contribution is -2.49. The van der Waals surface area contributed by atoms with E-state index in [1.807, 2.05) is 0 Å². The predicted molar refractivity (Wildman–Crippen MR) is 356 cm³/mol. The van der Waals surface area contributed by atoms with E-state index in [1.165, 1.54) is 70.6 Å². The molecule has 10 N–H and O–H groups in total. The van der Waals surface area contributed by atoms with Crippen LogP contribution in [0.1, 0.15) is 214 Å². The summed E-state index contributed by atoms with van der Waals surface area (Å²) >= 11 is 0. The lowest BCUT2D eigenvalue weighted by molar-refractivity contribution is -0.120. The summed E-state index contributed by atoms with van der Waals surface area (Å²) in [6.45, 7) is 28.3. The van der Waals surface area contributed by atoms with E-state index in [4.69, 9.17) is 0 Å². The van der Waals surface area contributed by atoms with Crippen molar-refractivity contribution in [2.45, 2.75) is 257 Å². The third-order valence-corrected chi connectivity index (χ3v) is 25.0. The van der Waals surface area contributed by atoms with Gasteiger partial charge in [-0.15, -0.1) is 0 Å². The van der Waals surface area contributed by atoms with Crippen molar-refractivity contribution >= 4 is 29.5 Å². The highest BCUT2D eigenvalue weighted by molar-refractivity contribution is 5.94. The summed E-state index contributed by atoms with van der Waals surface area (Å²) in [5.41, 5.74) is 2.97. The maximum atomic E-state index is 11.8. The predicted octanol–water partition coefficient (Wildman–Crippen LogP) is 10.5. The van der Waals surface area contributed by atoms with E-state index in [-0.39, 0.29) is 47.8 Å². The highest BCUT2D eigenvalue weighted by Gasteiger charge is 2.64. The highest BCUT2D eigenvalue weighted by atomic mass is 16.3. The van der Waals surface area contributed by atoms with Crippen molar-refractivity contribution in [3.8, 4) is 0 Å². The van der Waals surface area contributed by atoms with Gasteiger partial charge in [0.1, 0.15) is 0 Å². The smallest absolute Gasteiger partial charge is 0.246 e. The molecule has 12 fully saturated rings. The minimum absolute atomic E-state index is 0.00231. The van der Waals surface area contributed by atoms with Crippen LogP contribution in [-0.4, -0.2) is 117 Å². The Morgan fingerprint density at radius 3 is 1.31 bits per heavy atom. The van der Waals surface area contributed by atoms with Crippen LogP contribution in [-0.2, 0) is 24.0 Å². The molecule has 4 bridgehead atoms. The minimum Gasteiger partial charge on any atom is -0.396 e. The van der Waals surface area contributed by atoms with Gasteiger partial charge in [-0.05, 0) is 276 Å². The van der Waals surface area contributed by atoms with E-state index >= 15 is 0 Å². The van der Waals surface area contributed by atoms with Gasteiger partial charge in [0, 0.05) is 77.9 Å². The first-order valence-electron chi connectivity index (χ1n) is 36.0. The molecule has 5 amide bonds. The van der Waals surface area contributed by atoms with Gasteiger partial charge in [-0.25, -0.2) is 0 Å². The summed E-state index contributed by atoms with van der Waals surface area (Å²) in [5, 5.41) is 63.8. The van der Waals surface area contributed by atoms with Crippen molar-refractivity contribution in [3.05, 3.63) is 60.8 Å². The number of carbonyl (C=O) groups excluding carboxylic acids is 5. The monoisotopic (exact) mass is 1250 g/mol. The fraction of sp³-hybridized carbons (Fsp3) is 0.800. The minimum atomic E-state index is -0.154. The number of aliphatic hydroxyl groups excluding tert-OH is 5. The molecule has 12 aliphatic carbocycles. The number of aliphatic hydroxyl groups is 5. The zero-order valence-electron chi connectivity index (χ0n) is 56.1. The Bertz CT molecular complexity index is 2520. The van der Waals surface area contributed by atoms with Gasteiger partial charge in [0.15, 0.2) is 0 Å². The molecule has 0 saturated heterocycles. The summed E-state index contributed by atoms with van der Waals surface area (Å²) in [6.07, 6.45) is 31.8. The van der Waals surface area contributed by atoms with Gasteiger partial charge in [0.05, 0.1) is 12.2 Å². The van der Waals surface area contributed by atoms with Gasteiger partial charge in [-0.3, -0.25) is 24.0 Å². The van der Waals surface area contributed by atoms with Crippen LogP contribution in [0.15, 0.2) is 60.8 Å². The molecule has 12 rings (SSSR count). The maximum Gasteiger partial charge on any atom is 0.246 e. The average molecular weight is 1250 g/mol. The first-order chi connectivity index (χ1) is 43.0. The van der Waals surface area contributed by atoms with E-state index < -0.39 is 0 Å². The first-order valence-corrected chi connectivity index (χ1v) is 36.0. The van der Waals surface area contributed by atoms with E-state index in [9.17, 15) is 49.5 Å². The van der Waals surface area contributed by atoms with Gasteiger partial charge in [0.2, 0.25) is 29.5 Å². The number of hydrogen-bond acceptors (Lipinski definition) is 10. The van der Waals surface area contributed by atoms with E-state index in [2.05, 4.69) is 59.5 Å². The maximum absolute atomic E-state index is 11.8. The molecule has 15 nitrogen and oxygen atoms in total. The number of nitrogens with one attached hydrogen (secondary N) is 5. The van der Waals surface area contributed by atoms with Crippen molar-refractivity contribution < 1.29 is 49.5 Å². The highest BCUT2D eigenvalue weighted by Crippen LogP contribution is 2.67. The van der Waals surface area contributed by atoms with Gasteiger partial charge in [-0.2, -0.15) is 0 Å². The number of hydrogen-bond donors (Lipinski definition) is 10. The van der Waals surface area contributed by atoms with Crippen LogP contribution in [0.2, 0.25) is 0 Å². The largest absolute Gasteiger partial charge is 0.396 e. The van der Waals surface area contributed by atoms with Crippen molar-refractivity contribution in [3.63, 3.8) is 0 Å².